The fraction of sp³-hybridized carbons (Fsp3) is 0.500. The van der Waals surface area contributed by atoms with Gasteiger partial charge in [0.15, 0.2) is 0 Å². The fourth-order valence-electron chi connectivity index (χ4n) is 5.36. The number of fused-ring (bicyclic) bond motifs is 1. The van der Waals surface area contributed by atoms with E-state index in [-0.39, 0.29) is 23.6 Å². The zero-order valence-corrected chi connectivity index (χ0v) is 24.3. The Hall–Kier alpha value is -3.30. The van der Waals surface area contributed by atoms with Gasteiger partial charge < -0.3 is 9.47 Å². The van der Waals surface area contributed by atoms with Crippen molar-refractivity contribution < 1.29 is 58.6 Å². The number of benzene rings is 2. The molecule has 242 valence electrons. The molecule has 4 rings (SSSR count). The Morgan fingerprint density at radius 3 is 1.98 bits per heavy atom. The summed E-state index contributed by atoms with van der Waals surface area (Å²) in [5.74, 6) is -0.149. The second kappa shape index (κ2) is 11.9. The van der Waals surface area contributed by atoms with E-state index in [0.717, 1.165) is 24.1 Å². The molecule has 0 unspecified atom stereocenters. The average Bonchev–Trinajstić information content (AvgIpc) is 3.74. The summed E-state index contributed by atoms with van der Waals surface area (Å²) >= 11 is 3.46. The molecule has 2 aliphatic rings. The summed E-state index contributed by atoms with van der Waals surface area (Å²) in [4.78, 5) is 26.9. The molecule has 1 aliphatic heterocycles. The molecule has 6 nitrogen and oxygen atoms in total. The molecule has 0 saturated heterocycles. The van der Waals surface area contributed by atoms with Gasteiger partial charge >= 0.3 is 30.7 Å². The van der Waals surface area contributed by atoms with Crippen molar-refractivity contribution in [3.8, 4) is 0 Å². The molecule has 2 amide bonds. The van der Waals surface area contributed by atoms with Crippen LogP contribution in [0.1, 0.15) is 67.0 Å². The van der Waals surface area contributed by atoms with Crippen LogP contribution in [0, 0.1) is 5.92 Å². The number of ether oxygens (including phenoxy) is 2. The Balaban J connectivity index is 1.91. The van der Waals surface area contributed by atoms with Crippen LogP contribution >= 0.6 is 12.6 Å². The van der Waals surface area contributed by atoms with Gasteiger partial charge in [-0.15, -0.1) is 12.6 Å². The number of thiol groups is 1. The number of hydrogen-bond acceptors (Lipinski definition) is 5. The van der Waals surface area contributed by atoms with Gasteiger partial charge in [-0.1, -0.05) is 0 Å². The maximum absolute atomic E-state index is 13.8. The second-order valence-electron chi connectivity index (χ2n) is 10.9. The van der Waals surface area contributed by atoms with Crippen molar-refractivity contribution in [2.75, 3.05) is 12.0 Å². The number of anilines is 1. The third kappa shape index (κ3) is 6.99. The van der Waals surface area contributed by atoms with Crippen molar-refractivity contribution in [2.45, 2.75) is 81.3 Å². The molecule has 1 saturated carbocycles. The minimum atomic E-state index is -5.25. The van der Waals surface area contributed by atoms with E-state index in [4.69, 9.17) is 9.47 Å². The Kier molecular flexibility index (Phi) is 9.08. The third-order valence-electron chi connectivity index (χ3n) is 7.39. The predicted molar refractivity (Wildman–Crippen MR) is 141 cm³/mol. The number of carbonyl (C=O) groups is 2. The van der Waals surface area contributed by atoms with E-state index < -0.39 is 82.6 Å². The smallest absolute Gasteiger partial charge is 0.417 e. The molecule has 0 aromatic heterocycles. The molecule has 1 fully saturated rings. The Bertz CT molecular complexity index is 1390. The highest BCUT2D eigenvalue weighted by Crippen LogP contribution is 2.50. The van der Waals surface area contributed by atoms with Gasteiger partial charge in [-0.3, -0.25) is 9.80 Å². The largest absolute Gasteiger partial charge is 0.453 e. The van der Waals surface area contributed by atoms with Gasteiger partial charge in [0.1, 0.15) is 0 Å². The minimum absolute atomic E-state index is 0.0385. The number of nitrogens with zero attached hydrogens (tertiary/aromatic N) is 2. The van der Waals surface area contributed by atoms with Crippen molar-refractivity contribution in [1.82, 2.24) is 4.90 Å². The molecule has 0 bridgehead atoms. The average molecular weight is 659 g/mol. The molecule has 1 heterocycles. The summed E-state index contributed by atoms with van der Waals surface area (Å²) in [5, 5.41) is 0. The van der Waals surface area contributed by atoms with Crippen LogP contribution in [0.4, 0.5) is 54.8 Å². The summed E-state index contributed by atoms with van der Waals surface area (Å²) < 4.78 is 134. The van der Waals surface area contributed by atoms with E-state index in [9.17, 15) is 49.1 Å². The summed E-state index contributed by atoms with van der Waals surface area (Å²) in [6.07, 6.45) is -17.0. The fourth-order valence-corrected chi connectivity index (χ4v) is 5.74. The normalized spacial score (nSPS) is 19.1. The number of amides is 2. The van der Waals surface area contributed by atoms with Crippen LogP contribution < -0.4 is 4.90 Å². The first kappa shape index (κ1) is 33.6. The lowest BCUT2D eigenvalue weighted by molar-refractivity contribution is -0.147. The minimum Gasteiger partial charge on any atom is -0.453 e. The highest BCUT2D eigenvalue weighted by atomic mass is 32.1. The van der Waals surface area contributed by atoms with Gasteiger partial charge in [-0.2, -0.15) is 39.5 Å². The van der Waals surface area contributed by atoms with Gasteiger partial charge in [0.05, 0.1) is 41.6 Å². The van der Waals surface area contributed by atoms with E-state index in [1.807, 2.05) is 0 Å². The Morgan fingerprint density at radius 2 is 1.52 bits per heavy atom. The highest BCUT2D eigenvalue weighted by Gasteiger charge is 2.48. The van der Waals surface area contributed by atoms with Crippen LogP contribution in [0.15, 0.2) is 35.2 Å². The number of carbonyl (C=O) groups excluding carboxylic acids is 2. The quantitative estimate of drug-likeness (QED) is 0.258. The number of halogens is 9. The summed E-state index contributed by atoms with van der Waals surface area (Å²) in [6, 6.07) is 1.22. The van der Waals surface area contributed by atoms with Crippen LogP contribution in [0.25, 0.3) is 0 Å². The topological polar surface area (TPSA) is 59.1 Å². The Morgan fingerprint density at radius 1 is 0.955 bits per heavy atom. The van der Waals surface area contributed by atoms with Crippen molar-refractivity contribution in [1.29, 1.82) is 0 Å². The zero-order chi connectivity index (χ0) is 32.9. The summed E-state index contributed by atoms with van der Waals surface area (Å²) in [6.45, 7) is 2.24. The molecule has 44 heavy (non-hydrogen) atoms. The molecule has 16 heteroatoms. The summed E-state index contributed by atoms with van der Waals surface area (Å²) in [7, 11) is 0.912. The standard InChI is InChI=1S/C28H27F9N2O4S/c1-13(2)43-25(41)39-20-7-6-16(26(29,30)31)10-17(20)22(11-21(39)15-4-5-15)38(24(40)42-3)12-14-8-18(27(32,33)34)23(44)19(9-14)28(35,36)37/h6-10,13,15,21-22,44H,4-5,11-12H2,1-3H3/t21-,22-/m0/s1. The maximum Gasteiger partial charge on any atom is 0.417 e. The molecular formula is C28H27F9N2O4S. The number of hydrogen-bond donors (Lipinski definition) is 1. The first-order valence-electron chi connectivity index (χ1n) is 13.3. The van der Waals surface area contributed by atoms with Crippen LogP contribution in [-0.2, 0) is 34.5 Å². The lowest BCUT2D eigenvalue weighted by Crippen LogP contribution is -2.50. The molecule has 2 aromatic carbocycles. The molecule has 1 aliphatic carbocycles. The maximum atomic E-state index is 13.8. The third-order valence-corrected chi connectivity index (χ3v) is 7.87. The van der Waals surface area contributed by atoms with Crippen molar-refractivity contribution in [3.05, 3.63) is 58.1 Å². The molecule has 2 atom stereocenters. The first-order chi connectivity index (χ1) is 20.2. The monoisotopic (exact) mass is 658 g/mol. The second-order valence-corrected chi connectivity index (χ2v) is 11.3. The molecule has 2 aromatic rings. The van der Waals surface area contributed by atoms with Crippen molar-refractivity contribution >= 4 is 30.5 Å². The SMILES string of the molecule is COC(=O)N(Cc1cc(C(F)(F)F)c(S)c(C(F)(F)F)c1)[C@H]1C[C@@H](C2CC2)N(C(=O)OC(C)C)c2ccc(C(F)(F)F)cc21. The van der Waals surface area contributed by atoms with Crippen molar-refractivity contribution in [2.24, 2.45) is 5.92 Å². The highest BCUT2D eigenvalue weighted by molar-refractivity contribution is 7.80. The number of methoxy groups -OCH3 is 1. The van der Waals surface area contributed by atoms with Crippen LogP contribution in [0.3, 0.4) is 0 Å². The lowest BCUT2D eigenvalue weighted by Gasteiger charge is -2.44. The van der Waals surface area contributed by atoms with E-state index in [1.165, 1.54) is 4.90 Å². The van der Waals surface area contributed by atoms with Gasteiger partial charge in [0.25, 0.3) is 0 Å². The van der Waals surface area contributed by atoms with E-state index in [1.54, 1.807) is 13.8 Å². The van der Waals surface area contributed by atoms with Gasteiger partial charge in [0.2, 0.25) is 0 Å². The Labute approximate surface area is 251 Å². The van der Waals surface area contributed by atoms with Crippen LogP contribution in [0.5, 0.6) is 0 Å². The zero-order valence-electron chi connectivity index (χ0n) is 23.4. The van der Waals surface area contributed by atoms with Crippen LogP contribution in [0.2, 0.25) is 0 Å². The summed E-state index contributed by atoms with van der Waals surface area (Å²) in [5.41, 5.74) is -5.43. The van der Waals surface area contributed by atoms with Gasteiger partial charge in [0, 0.05) is 17.5 Å². The molecular weight excluding hydrogens is 631 g/mol. The molecule has 0 radical (unpaired) electrons. The number of alkyl halides is 9. The van der Waals surface area contributed by atoms with E-state index in [0.29, 0.717) is 31.0 Å². The molecule has 0 spiro atoms. The van der Waals surface area contributed by atoms with Crippen molar-refractivity contribution in [3.63, 3.8) is 0 Å². The predicted octanol–water partition coefficient (Wildman–Crippen LogP) is 8.88. The first-order valence-corrected chi connectivity index (χ1v) is 13.7. The molecule has 0 N–H and O–H groups in total. The lowest BCUT2D eigenvalue weighted by atomic mass is 9.86. The van der Waals surface area contributed by atoms with Gasteiger partial charge in [-0.25, -0.2) is 9.59 Å². The van der Waals surface area contributed by atoms with E-state index >= 15 is 0 Å². The van der Waals surface area contributed by atoms with Gasteiger partial charge in [-0.05, 0) is 80.5 Å². The number of rotatable bonds is 5. The van der Waals surface area contributed by atoms with Crippen LogP contribution in [-0.4, -0.2) is 36.3 Å². The van der Waals surface area contributed by atoms with E-state index in [2.05, 4.69) is 12.6 Å².